The molecule has 7 nitrogen and oxygen atoms in total. The van der Waals surface area contributed by atoms with E-state index in [9.17, 15) is 14.7 Å². The van der Waals surface area contributed by atoms with Crippen molar-refractivity contribution < 1.29 is 16.0 Å². The first-order valence-electron chi connectivity index (χ1n) is 6.35. The summed E-state index contributed by atoms with van der Waals surface area (Å²) in [5, 5.41) is 9.96. The van der Waals surface area contributed by atoms with Gasteiger partial charge in [0.15, 0.2) is 6.23 Å². The third-order valence-electron chi connectivity index (χ3n) is 3.40. The van der Waals surface area contributed by atoms with Crippen molar-refractivity contribution >= 4 is 0 Å². The van der Waals surface area contributed by atoms with Crippen molar-refractivity contribution in [2.75, 3.05) is 6.61 Å². The Morgan fingerprint density at radius 2 is 2.50 bits per heavy atom. The van der Waals surface area contributed by atoms with Crippen LogP contribution in [0.3, 0.4) is 0 Å². The molecule has 4 heterocycles. The van der Waals surface area contributed by atoms with Gasteiger partial charge in [0, 0.05) is 20.1 Å². The van der Waals surface area contributed by atoms with E-state index in [1.165, 1.54) is 16.8 Å². The molecule has 4 unspecified atom stereocenters. The number of ether oxygens (including phenoxy) is 2. The zero-order valence-electron chi connectivity index (χ0n) is 10.5. The Morgan fingerprint density at radius 3 is 3.17 bits per heavy atom. The first kappa shape index (κ1) is 10.5. The lowest BCUT2D eigenvalue weighted by Crippen LogP contribution is -2.62. The minimum absolute atomic E-state index is 0.136. The van der Waals surface area contributed by atoms with Gasteiger partial charge in [-0.1, -0.05) is 0 Å². The van der Waals surface area contributed by atoms with Crippen molar-refractivity contribution in [1.82, 2.24) is 9.55 Å². The number of aliphatic hydroxyl groups excluding tert-OH is 1. The van der Waals surface area contributed by atoms with E-state index >= 15 is 0 Å². The lowest BCUT2D eigenvalue weighted by atomic mass is 9.87. The Hall–Kier alpha value is -1.44. The van der Waals surface area contributed by atoms with Crippen LogP contribution in [0.5, 0.6) is 0 Å². The number of hydrogen-bond donors (Lipinski definition) is 2. The lowest BCUT2D eigenvalue weighted by Gasteiger charge is -2.51. The summed E-state index contributed by atoms with van der Waals surface area (Å²) in [6.07, 6.45) is -0.341. The van der Waals surface area contributed by atoms with Crippen LogP contribution in [0.2, 0.25) is 0 Å². The molecule has 3 saturated heterocycles. The van der Waals surface area contributed by atoms with Gasteiger partial charge in [0.1, 0.15) is 11.7 Å². The predicted molar refractivity (Wildman–Crippen MR) is 60.2 cm³/mol. The van der Waals surface area contributed by atoms with Gasteiger partial charge in [-0.05, 0) is 6.90 Å². The fourth-order valence-electron chi connectivity index (χ4n) is 2.34. The van der Waals surface area contributed by atoms with Gasteiger partial charge >= 0.3 is 5.69 Å². The van der Waals surface area contributed by atoms with Crippen molar-refractivity contribution in [2.45, 2.75) is 37.4 Å². The largest absolute Gasteiger partial charge is 0.390 e. The Bertz CT molecular complexity index is 599. The second-order valence-electron chi connectivity index (χ2n) is 4.69. The number of nitrogens with zero attached hydrogens (tertiary/aromatic N) is 1. The summed E-state index contributed by atoms with van der Waals surface area (Å²) in [5.41, 5.74) is -2.18. The summed E-state index contributed by atoms with van der Waals surface area (Å²) in [4.78, 5) is 24.9. The second kappa shape index (κ2) is 3.78. The SMILES string of the molecule is [2H]CC12COC(CC1O)C(n1ccc(=O)[nH]c1=O)O2. The Kier molecular flexibility index (Phi) is 2.20. The minimum atomic E-state index is -1.10. The summed E-state index contributed by atoms with van der Waals surface area (Å²) >= 11 is 0. The summed E-state index contributed by atoms with van der Waals surface area (Å²) in [6, 6.07) is 1.22. The average molecular weight is 255 g/mol. The Balaban J connectivity index is 1.99. The van der Waals surface area contributed by atoms with Crippen molar-refractivity contribution in [3.05, 3.63) is 33.1 Å². The number of aliphatic hydroxyl groups is 1. The average Bonchev–Trinajstić information content (AvgIpc) is 2.40. The van der Waals surface area contributed by atoms with Crippen molar-refractivity contribution in [3.63, 3.8) is 0 Å². The third kappa shape index (κ3) is 1.63. The highest BCUT2D eigenvalue weighted by atomic mass is 16.6. The molecule has 0 aliphatic carbocycles. The molecule has 3 aliphatic heterocycles. The highest BCUT2D eigenvalue weighted by molar-refractivity contribution is 4.99. The van der Waals surface area contributed by atoms with Gasteiger partial charge in [0.25, 0.3) is 5.56 Å². The van der Waals surface area contributed by atoms with Crippen molar-refractivity contribution in [2.24, 2.45) is 0 Å². The van der Waals surface area contributed by atoms with Gasteiger partial charge in [0.2, 0.25) is 0 Å². The maximum Gasteiger partial charge on any atom is 0.330 e. The monoisotopic (exact) mass is 255 g/mol. The molecule has 0 amide bonds. The van der Waals surface area contributed by atoms with Gasteiger partial charge in [-0.15, -0.1) is 0 Å². The molecule has 1 aromatic rings. The van der Waals surface area contributed by atoms with Crippen LogP contribution >= 0.6 is 0 Å². The van der Waals surface area contributed by atoms with E-state index in [0.29, 0.717) is 6.42 Å². The molecule has 98 valence electrons. The molecule has 1 aromatic heterocycles. The summed E-state index contributed by atoms with van der Waals surface area (Å²) in [5.74, 6) is 0. The summed E-state index contributed by atoms with van der Waals surface area (Å²) in [6.45, 7) is -0.0214. The number of aromatic nitrogens is 2. The molecule has 4 rings (SSSR count). The molecule has 0 spiro atoms. The molecule has 4 atom stereocenters. The number of rotatable bonds is 1. The van der Waals surface area contributed by atoms with E-state index in [-0.39, 0.29) is 13.5 Å². The number of fused-ring (bicyclic) bond motifs is 3. The van der Waals surface area contributed by atoms with E-state index in [1.54, 1.807) is 0 Å². The standard InChI is InChI=1S/C11H14N2O5/c1-11-5-17-6(4-7(11)14)9(18-11)13-3-2-8(15)12-10(13)16/h2-3,6-7,9,14H,4-5H2,1H3,(H,12,15,16)/i1D. The first-order valence-corrected chi connectivity index (χ1v) is 5.64. The maximum absolute atomic E-state index is 11.8. The van der Waals surface area contributed by atoms with Gasteiger partial charge in [0.05, 0.1) is 12.7 Å². The Labute approximate surface area is 103 Å². The Morgan fingerprint density at radius 1 is 1.67 bits per heavy atom. The fraction of sp³-hybridized carbons (Fsp3) is 0.636. The van der Waals surface area contributed by atoms with Crippen LogP contribution in [0.25, 0.3) is 0 Å². The molecule has 3 aliphatic rings. The number of H-pyrrole nitrogens is 1. The number of nitrogens with one attached hydrogen (secondary N) is 1. The van der Waals surface area contributed by atoms with Crippen molar-refractivity contribution in [3.8, 4) is 0 Å². The van der Waals surface area contributed by atoms with Crippen LogP contribution in [0.1, 0.15) is 20.9 Å². The van der Waals surface area contributed by atoms with Gasteiger partial charge in [-0.25, -0.2) is 4.79 Å². The normalized spacial score (nSPS) is 39.6. The predicted octanol–water partition coefficient (Wildman–Crippen LogP) is -1.03. The van der Waals surface area contributed by atoms with Crippen LogP contribution in [-0.4, -0.2) is 39.1 Å². The van der Waals surface area contributed by atoms with E-state index in [2.05, 4.69) is 4.98 Å². The van der Waals surface area contributed by atoms with Crippen LogP contribution < -0.4 is 11.2 Å². The molecule has 0 radical (unpaired) electrons. The molecule has 7 heteroatoms. The van der Waals surface area contributed by atoms with Crippen LogP contribution in [0.15, 0.2) is 21.9 Å². The fourth-order valence-corrected chi connectivity index (χ4v) is 2.34. The van der Waals surface area contributed by atoms with Gasteiger partial charge < -0.3 is 14.6 Å². The molecule has 2 N–H and O–H groups in total. The summed E-state index contributed by atoms with van der Waals surface area (Å²) in [7, 11) is 0. The van der Waals surface area contributed by atoms with E-state index in [0.717, 1.165) is 0 Å². The first-order chi connectivity index (χ1) is 9.05. The van der Waals surface area contributed by atoms with Gasteiger partial charge in [-0.2, -0.15) is 0 Å². The zero-order valence-corrected chi connectivity index (χ0v) is 9.54. The van der Waals surface area contributed by atoms with E-state index in [1.807, 2.05) is 0 Å². The smallest absolute Gasteiger partial charge is 0.330 e. The topological polar surface area (TPSA) is 93.5 Å². The number of hydrogen-bond acceptors (Lipinski definition) is 5. The quantitative estimate of drug-likeness (QED) is 0.669. The minimum Gasteiger partial charge on any atom is -0.390 e. The molecule has 3 fully saturated rings. The lowest BCUT2D eigenvalue weighted by molar-refractivity contribution is -0.322. The highest BCUT2D eigenvalue weighted by Crippen LogP contribution is 2.40. The van der Waals surface area contributed by atoms with Gasteiger partial charge in [-0.3, -0.25) is 14.3 Å². The molecule has 2 bridgehead atoms. The second-order valence-corrected chi connectivity index (χ2v) is 4.69. The molecule has 0 saturated carbocycles. The highest BCUT2D eigenvalue weighted by Gasteiger charge is 2.52. The number of aromatic amines is 1. The molecule has 18 heavy (non-hydrogen) atoms. The van der Waals surface area contributed by atoms with Crippen LogP contribution in [0.4, 0.5) is 0 Å². The van der Waals surface area contributed by atoms with Crippen LogP contribution in [-0.2, 0) is 9.47 Å². The molecule has 0 aromatic carbocycles. The third-order valence-corrected chi connectivity index (χ3v) is 3.40. The molecular weight excluding hydrogens is 240 g/mol. The van der Waals surface area contributed by atoms with Crippen molar-refractivity contribution in [1.29, 1.82) is 0 Å². The van der Waals surface area contributed by atoms with E-state index < -0.39 is 35.3 Å². The molecular formula is C11H14N2O5. The van der Waals surface area contributed by atoms with E-state index in [4.69, 9.17) is 10.8 Å². The zero-order chi connectivity index (χ0) is 13.6. The van der Waals surface area contributed by atoms with Crippen LogP contribution in [0, 0.1) is 0 Å². The summed E-state index contributed by atoms with van der Waals surface area (Å²) < 4.78 is 20.0. The maximum atomic E-state index is 11.8.